The van der Waals surface area contributed by atoms with Crippen molar-refractivity contribution in [3.8, 4) is 0 Å². The summed E-state index contributed by atoms with van der Waals surface area (Å²) < 4.78 is 0. The van der Waals surface area contributed by atoms with Crippen molar-refractivity contribution in [3.63, 3.8) is 0 Å². The topological polar surface area (TPSA) is 34.1 Å². The molecule has 0 saturated heterocycles. The molecule has 0 aliphatic rings. The average molecular weight is 196 g/mol. The zero-order valence-electron chi connectivity index (χ0n) is 8.78. The summed E-state index contributed by atoms with van der Waals surface area (Å²) in [7, 11) is 0. The van der Waals surface area contributed by atoms with Gasteiger partial charge >= 0.3 is 0 Å². The van der Waals surface area contributed by atoms with E-state index in [9.17, 15) is 9.59 Å². The van der Waals surface area contributed by atoms with Gasteiger partial charge in [0.2, 0.25) is 0 Å². The van der Waals surface area contributed by atoms with Crippen molar-refractivity contribution in [2.45, 2.75) is 51.4 Å². The van der Waals surface area contributed by atoms with Gasteiger partial charge < -0.3 is 9.59 Å². The fourth-order valence-electron chi connectivity index (χ4n) is 1.29. The summed E-state index contributed by atoms with van der Waals surface area (Å²) in [5.74, 6) is 0. The van der Waals surface area contributed by atoms with E-state index in [0.29, 0.717) is 12.8 Å². The second-order valence-electron chi connectivity index (χ2n) is 3.39. The summed E-state index contributed by atoms with van der Waals surface area (Å²) in [5, 5.41) is 0. The Balaban J connectivity index is 2.98. The van der Waals surface area contributed by atoms with Gasteiger partial charge in [0.25, 0.3) is 0 Å². The fourth-order valence-corrected chi connectivity index (χ4v) is 1.29. The van der Waals surface area contributed by atoms with Crippen molar-refractivity contribution < 1.29 is 9.59 Å². The molecule has 0 aromatic heterocycles. The first-order valence-corrected chi connectivity index (χ1v) is 5.44. The van der Waals surface area contributed by atoms with Crippen LogP contribution in [-0.2, 0) is 9.59 Å². The molecule has 0 N–H and O–H groups in total. The van der Waals surface area contributed by atoms with Gasteiger partial charge in [-0.3, -0.25) is 0 Å². The lowest BCUT2D eigenvalue weighted by atomic mass is 10.1. The summed E-state index contributed by atoms with van der Waals surface area (Å²) in [4.78, 5) is 20.0. The van der Waals surface area contributed by atoms with Crippen molar-refractivity contribution in [2.75, 3.05) is 0 Å². The lowest BCUT2D eigenvalue weighted by molar-refractivity contribution is -0.108. The Hall–Kier alpha value is -0.920. The molecule has 0 aromatic carbocycles. The monoisotopic (exact) mass is 196 g/mol. The lowest BCUT2D eigenvalue weighted by Gasteiger charge is -1.96. The maximum atomic E-state index is 10.0. The third-order valence-electron chi connectivity index (χ3n) is 2.09. The van der Waals surface area contributed by atoms with Gasteiger partial charge in [-0.25, -0.2) is 0 Å². The average Bonchev–Trinajstić information content (AvgIpc) is 2.21. The number of hydrogen-bond donors (Lipinski definition) is 0. The first-order chi connectivity index (χ1) is 6.91. The minimum absolute atomic E-state index is 0.541. The van der Waals surface area contributed by atoms with Gasteiger partial charge in [-0.1, -0.05) is 31.4 Å². The van der Waals surface area contributed by atoms with Crippen LogP contribution in [0, 0.1) is 0 Å². The maximum absolute atomic E-state index is 10.0. The van der Waals surface area contributed by atoms with E-state index in [1.54, 1.807) is 0 Å². The molecule has 0 bridgehead atoms. The molecule has 0 aromatic rings. The Labute approximate surface area is 86.4 Å². The van der Waals surface area contributed by atoms with E-state index >= 15 is 0 Å². The molecule has 0 heterocycles. The smallest absolute Gasteiger partial charge is 0.123 e. The number of aldehydes is 2. The molecule has 80 valence electrons. The normalized spacial score (nSPS) is 10.6. The fraction of sp³-hybridized carbons (Fsp3) is 0.667. The quantitative estimate of drug-likeness (QED) is 0.306. The van der Waals surface area contributed by atoms with Crippen molar-refractivity contribution in [3.05, 3.63) is 12.2 Å². The molecule has 0 saturated carbocycles. The number of rotatable bonds is 10. The van der Waals surface area contributed by atoms with Crippen molar-refractivity contribution in [1.82, 2.24) is 0 Å². The van der Waals surface area contributed by atoms with Gasteiger partial charge in [-0.2, -0.15) is 0 Å². The van der Waals surface area contributed by atoms with Gasteiger partial charge in [0.05, 0.1) is 0 Å². The van der Waals surface area contributed by atoms with Crippen LogP contribution in [0.5, 0.6) is 0 Å². The predicted octanol–water partition coefficient (Wildman–Crippen LogP) is 3.06. The van der Waals surface area contributed by atoms with Gasteiger partial charge in [0, 0.05) is 12.8 Å². The zero-order valence-corrected chi connectivity index (χ0v) is 8.78. The SMILES string of the molecule is O=CCC=CCCCCCCCC=O. The van der Waals surface area contributed by atoms with Crippen LogP contribution in [0.4, 0.5) is 0 Å². The lowest BCUT2D eigenvalue weighted by Crippen LogP contribution is -1.80. The second-order valence-corrected chi connectivity index (χ2v) is 3.39. The first-order valence-electron chi connectivity index (χ1n) is 5.44. The van der Waals surface area contributed by atoms with Crippen LogP contribution < -0.4 is 0 Å². The summed E-state index contributed by atoms with van der Waals surface area (Å²) in [6, 6.07) is 0. The molecule has 0 aliphatic carbocycles. The summed E-state index contributed by atoms with van der Waals surface area (Å²) in [5.41, 5.74) is 0. The molecule has 0 rings (SSSR count). The van der Waals surface area contributed by atoms with E-state index in [4.69, 9.17) is 0 Å². The number of hydrogen-bond acceptors (Lipinski definition) is 2. The van der Waals surface area contributed by atoms with E-state index in [0.717, 1.165) is 31.8 Å². The van der Waals surface area contributed by atoms with E-state index in [2.05, 4.69) is 6.08 Å². The third-order valence-corrected chi connectivity index (χ3v) is 2.09. The Morgan fingerprint density at radius 1 is 0.643 bits per heavy atom. The number of allylic oxidation sites excluding steroid dienone is 2. The van der Waals surface area contributed by atoms with Crippen LogP contribution in [0.3, 0.4) is 0 Å². The van der Waals surface area contributed by atoms with E-state index in [1.807, 2.05) is 6.08 Å². The summed E-state index contributed by atoms with van der Waals surface area (Å²) >= 11 is 0. The minimum atomic E-state index is 0.541. The van der Waals surface area contributed by atoms with Crippen LogP contribution in [0.1, 0.15) is 51.4 Å². The first kappa shape index (κ1) is 13.1. The molecule has 2 nitrogen and oxygen atoms in total. The number of carbonyl (C=O) groups is 2. The molecule has 14 heavy (non-hydrogen) atoms. The van der Waals surface area contributed by atoms with E-state index in [1.165, 1.54) is 19.3 Å². The Kier molecular flexibility index (Phi) is 11.3. The van der Waals surface area contributed by atoms with E-state index < -0.39 is 0 Å². The Bertz CT molecular complexity index is 162. The highest BCUT2D eigenvalue weighted by Gasteiger charge is 1.89. The highest BCUT2D eigenvalue weighted by molar-refractivity contribution is 5.51. The van der Waals surface area contributed by atoms with Crippen LogP contribution in [-0.4, -0.2) is 12.6 Å². The molecule has 2 heteroatoms. The molecule has 0 radical (unpaired) electrons. The highest BCUT2D eigenvalue weighted by atomic mass is 16.1. The van der Waals surface area contributed by atoms with Gasteiger partial charge in [0.15, 0.2) is 0 Å². The number of unbranched alkanes of at least 4 members (excludes halogenated alkanes) is 6. The van der Waals surface area contributed by atoms with Crippen molar-refractivity contribution in [2.24, 2.45) is 0 Å². The molecule has 0 spiro atoms. The predicted molar refractivity (Wildman–Crippen MR) is 58.2 cm³/mol. The highest BCUT2D eigenvalue weighted by Crippen LogP contribution is 2.06. The van der Waals surface area contributed by atoms with Crippen LogP contribution in [0.15, 0.2) is 12.2 Å². The molecular formula is C12H20O2. The van der Waals surface area contributed by atoms with Crippen molar-refractivity contribution >= 4 is 12.6 Å². The third kappa shape index (κ3) is 11.1. The van der Waals surface area contributed by atoms with Crippen molar-refractivity contribution in [1.29, 1.82) is 0 Å². The molecule has 0 unspecified atom stereocenters. The van der Waals surface area contributed by atoms with Gasteiger partial charge in [-0.05, 0) is 19.3 Å². The second kappa shape index (κ2) is 12.1. The number of carbonyl (C=O) groups excluding carboxylic acids is 2. The Morgan fingerprint density at radius 2 is 1.29 bits per heavy atom. The van der Waals surface area contributed by atoms with Crippen LogP contribution >= 0.6 is 0 Å². The molecule has 0 amide bonds. The van der Waals surface area contributed by atoms with Crippen LogP contribution in [0.2, 0.25) is 0 Å². The summed E-state index contributed by atoms with van der Waals surface area (Å²) in [6.07, 6.45) is 14.0. The van der Waals surface area contributed by atoms with Crippen LogP contribution in [0.25, 0.3) is 0 Å². The molecular weight excluding hydrogens is 176 g/mol. The molecule has 0 fully saturated rings. The minimum Gasteiger partial charge on any atom is -0.303 e. The molecule has 0 aliphatic heterocycles. The zero-order chi connectivity index (χ0) is 10.5. The van der Waals surface area contributed by atoms with E-state index in [-0.39, 0.29) is 0 Å². The molecule has 0 atom stereocenters. The standard InChI is InChI=1S/C12H20O2/c13-11-9-7-5-3-1-2-4-6-8-10-12-14/h5,7,11-12H,1-4,6,8-10H2. The van der Waals surface area contributed by atoms with Gasteiger partial charge in [-0.15, -0.1) is 0 Å². The summed E-state index contributed by atoms with van der Waals surface area (Å²) in [6.45, 7) is 0. The Morgan fingerprint density at radius 3 is 1.93 bits per heavy atom. The largest absolute Gasteiger partial charge is 0.303 e. The van der Waals surface area contributed by atoms with Gasteiger partial charge in [0.1, 0.15) is 12.6 Å². The maximum Gasteiger partial charge on any atom is 0.123 e.